The van der Waals surface area contributed by atoms with Gasteiger partial charge in [-0.05, 0) is 25.1 Å². The van der Waals surface area contributed by atoms with Crippen molar-refractivity contribution in [1.29, 1.82) is 0 Å². The zero-order valence-electron chi connectivity index (χ0n) is 11.2. The van der Waals surface area contributed by atoms with Crippen molar-refractivity contribution in [2.75, 3.05) is 6.54 Å². The van der Waals surface area contributed by atoms with Crippen LogP contribution in [0.5, 0.6) is 0 Å². The van der Waals surface area contributed by atoms with Crippen LogP contribution < -0.4 is 5.32 Å². The molecule has 0 radical (unpaired) electrons. The summed E-state index contributed by atoms with van der Waals surface area (Å²) in [6.45, 7) is 2.53. The average molecular weight is 279 g/mol. The summed E-state index contributed by atoms with van der Waals surface area (Å²) in [5.74, 6) is -2.31. The third kappa shape index (κ3) is 3.02. The molecule has 0 amide bonds. The highest BCUT2D eigenvalue weighted by atomic mass is 19.2. The molecule has 0 aliphatic carbocycles. The zero-order valence-corrected chi connectivity index (χ0v) is 11.2. The topological polar surface area (TPSA) is 12.0 Å². The number of hydrogen-bond donors (Lipinski definition) is 1. The SMILES string of the molecule is CCCNC(c1ccccc1F)c1cccc(F)c1F. The van der Waals surface area contributed by atoms with Gasteiger partial charge in [-0.3, -0.25) is 0 Å². The Hall–Kier alpha value is -1.81. The smallest absolute Gasteiger partial charge is 0.163 e. The van der Waals surface area contributed by atoms with Gasteiger partial charge in [0, 0.05) is 11.1 Å². The highest BCUT2D eigenvalue weighted by molar-refractivity contribution is 5.34. The van der Waals surface area contributed by atoms with Crippen molar-refractivity contribution in [3.8, 4) is 0 Å². The van der Waals surface area contributed by atoms with Crippen LogP contribution in [-0.4, -0.2) is 6.54 Å². The number of nitrogens with one attached hydrogen (secondary N) is 1. The summed E-state index contributed by atoms with van der Waals surface area (Å²) in [5.41, 5.74) is 0.425. The number of hydrogen-bond acceptors (Lipinski definition) is 1. The Morgan fingerprint density at radius 1 is 0.900 bits per heavy atom. The zero-order chi connectivity index (χ0) is 14.5. The molecular weight excluding hydrogens is 263 g/mol. The summed E-state index contributed by atoms with van der Waals surface area (Å²) in [5, 5.41) is 3.06. The Morgan fingerprint density at radius 2 is 1.55 bits per heavy atom. The van der Waals surface area contributed by atoms with Crippen LogP contribution in [0.3, 0.4) is 0 Å². The van der Waals surface area contributed by atoms with E-state index in [0.717, 1.165) is 12.5 Å². The molecule has 0 saturated heterocycles. The Labute approximate surface area is 116 Å². The van der Waals surface area contributed by atoms with Gasteiger partial charge in [0.15, 0.2) is 11.6 Å². The predicted octanol–water partition coefficient (Wildman–Crippen LogP) is 4.19. The first-order chi connectivity index (χ1) is 9.65. The second-order valence-electron chi connectivity index (χ2n) is 4.55. The van der Waals surface area contributed by atoms with Crippen molar-refractivity contribution in [2.45, 2.75) is 19.4 Å². The Kier molecular flexibility index (Phi) is 4.79. The van der Waals surface area contributed by atoms with Crippen molar-refractivity contribution >= 4 is 0 Å². The number of benzene rings is 2. The molecule has 2 aromatic rings. The quantitative estimate of drug-likeness (QED) is 0.865. The van der Waals surface area contributed by atoms with Gasteiger partial charge in [-0.1, -0.05) is 37.3 Å². The minimum atomic E-state index is -0.940. The number of halogens is 3. The lowest BCUT2D eigenvalue weighted by atomic mass is 9.97. The lowest BCUT2D eigenvalue weighted by molar-refractivity contribution is 0.474. The maximum Gasteiger partial charge on any atom is 0.163 e. The fourth-order valence-corrected chi connectivity index (χ4v) is 2.13. The number of rotatable bonds is 5. The minimum Gasteiger partial charge on any atom is -0.306 e. The van der Waals surface area contributed by atoms with E-state index in [-0.39, 0.29) is 5.56 Å². The van der Waals surface area contributed by atoms with E-state index in [1.54, 1.807) is 18.2 Å². The van der Waals surface area contributed by atoms with Crippen LogP contribution in [0.1, 0.15) is 30.5 Å². The van der Waals surface area contributed by atoms with Crippen LogP contribution in [0.4, 0.5) is 13.2 Å². The molecule has 0 bridgehead atoms. The van der Waals surface area contributed by atoms with Crippen LogP contribution >= 0.6 is 0 Å². The molecule has 0 aliphatic heterocycles. The molecule has 1 N–H and O–H groups in total. The maximum absolute atomic E-state index is 14.0. The summed E-state index contributed by atoms with van der Waals surface area (Å²) in [7, 11) is 0. The highest BCUT2D eigenvalue weighted by Gasteiger charge is 2.21. The fraction of sp³-hybridized carbons (Fsp3) is 0.250. The normalized spacial score (nSPS) is 12.4. The molecule has 2 rings (SSSR count). The highest BCUT2D eigenvalue weighted by Crippen LogP contribution is 2.27. The van der Waals surface area contributed by atoms with E-state index < -0.39 is 23.5 Å². The molecule has 0 saturated carbocycles. The largest absolute Gasteiger partial charge is 0.306 e. The minimum absolute atomic E-state index is 0.114. The molecule has 0 spiro atoms. The molecule has 20 heavy (non-hydrogen) atoms. The molecule has 0 heterocycles. The van der Waals surface area contributed by atoms with E-state index >= 15 is 0 Å². The molecule has 2 aromatic carbocycles. The van der Waals surface area contributed by atoms with Gasteiger partial charge >= 0.3 is 0 Å². The van der Waals surface area contributed by atoms with Crippen molar-refractivity contribution in [3.05, 3.63) is 71.0 Å². The van der Waals surface area contributed by atoms with Crippen LogP contribution in [0.15, 0.2) is 42.5 Å². The van der Waals surface area contributed by atoms with Gasteiger partial charge < -0.3 is 5.32 Å². The first-order valence-corrected chi connectivity index (χ1v) is 6.56. The molecule has 1 atom stereocenters. The van der Waals surface area contributed by atoms with Crippen molar-refractivity contribution in [3.63, 3.8) is 0 Å². The van der Waals surface area contributed by atoms with Gasteiger partial charge in [-0.2, -0.15) is 0 Å². The van der Waals surface area contributed by atoms with E-state index in [2.05, 4.69) is 5.32 Å². The molecule has 0 aromatic heterocycles. The summed E-state index contributed by atoms with van der Waals surface area (Å²) in [4.78, 5) is 0. The standard InChI is InChI=1S/C16H16F3N/c1-2-10-20-16(11-6-3-4-8-13(11)17)12-7-5-9-14(18)15(12)19/h3-9,16,20H,2,10H2,1H3. The molecule has 0 fully saturated rings. The first kappa shape index (κ1) is 14.6. The summed E-state index contributed by atoms with van der Waals surface area (Å²) in [6, 6.07) is 9.38. The van der Waals surface area contributed by atoms with Gasteiger partial charge in [0.05, 0.1) is 6.04 Å². The molecule has 106 valence electrons. The third-order valence-electron chi connectivity index (χ3n) is 3.11. The fourth-order valence-electron chi connectivity index (χ4n) is 2.13. The Balaban J connectivity index is 2.47. The monoisotopic (exact) mass is 279 g/mol. The lowest BCUT2D eigenvalue weighted by Gasteiger charge is -2.20. The molecule has 0 aliphatic rings. The van der Waals surface area contributed by atoms with Crippen molar-refractivity contribution in [1.82, 2.24) is 5.32 Å². The second-order valence-corrected chi connectivity index (χ2v) is 4.55. The Bertz CT molecular complexity index is 584. The summed E-state index contributed by atoms with van der Waals surface area (Å²) in [6.07, 6.45) is 0.807. The van der Waals surface area contributed by atoms with Crippen molar-refractivity contribution < 1.29 is 13.2 Å². The van der Waals surface area contributed by atoms with E-state index in [9.17, 15) is 13.2 Å². The van der Waals surface area contributed by atoms with Gasteiger partial charge in [0.1, 0.15) is 5.82 Å². The first-order valence-electron chi connectivity index (χ1n) is 6.56. The van der Waals surface area contributed by atoms with Gasteiger partial charge in [0.25, 0.3) is 0 Å². The van der Waals surface area contributed by atoms with Gasteiger partial charge in [-0.15, -0.1) is 0 Å². The van der Waals surface area contributed by atoms with Crippen molar-refractivity contribution in [2.24, 2.45) is 0 Å². The van der Waals surface area contributed by atoms with Crippen LogP contribution in [0.2, 0.25) is 0 Å². The predicted molar refractivity (Wildman–Crippen MR) is 72.9 cm³/mol. The third-order valence-corrected chi connectivity index (χ3v) is 3.11. The van der Waals surface area contributed by atoms with Crippen LogP contribution in [0.25, 0.3) is 0 Å². The van der Waals surface area contributed by atoms with E-state index in [1.807, 2.05) is 6.92 Å². The van der Waals surface area contributed by atoms with Crippen LogP contribution in [0, 0.1) is 17.5 Å². The lowest BCUT2D eigenvalue weighted by Crippen LogP contribution is -2.25. The van der Waals surface area contributed by atoms with E-state index in [4.69, 9.17) is 0 Å². The second kappa shape index (κ2) is 6.57. The van der Waals surface area contributed by atoms with E-state index in [0.29, 0.717) is 12.1 Å². The van der Waals surface area contributed by atoms with E-state index in [1.165, 1.54) is 18.2 Å². The average Bonchev–Trinajstić information content (AvgIpc) is 2.45. The summed E-state index contributed by atoms with van der Waals surface area (Å²) >= 11 is 0. The molecule has 1 nitrogen and oxygen atoms in total. The van der Waals surface area contributed by atoms with Gasteiger partial charge in [0.2, 0.25) is 0 Å². The van der Waals surface area contributed by atoms with Crippen LogP contribution in [-0.2, 0) is 0 Å². The summed E-state index contributed by atoms with van der Waals surface area (Å²) < 4.78 is 41.3. The maximum atomic E-state index is 14.0. The molecular formula is C16H16F3N. The van der Waals surface area contributed by atoms with Gasteiger partial charge in [-0.25, -0.2) is 13.2 Å². The Morgan fingerprint density at radius 3 is 2.25 bits per heavy atom. The molecule has 4 heteroatoms. The molecule has 1 unspecified atom stereocenters.